The smallest absolute Gasteiger partial charge is 0.283 e. The molecule has 0 spiro atoms. The molecule has 0 atom stereocenters. The SMILES string of the molecule is COc1ccc(NC(=O)c2ccc(NC3=C(Cl)C(=O)N(c4ccc(C)cc4)C3=O)cc2)c(OC)c1. The normalized spacial score (nSPS) is 13.2. The molecule has 0 aromatic heterocycles. The molecule has 2 N–H and O–H groups in total. The predicted octanol–water partition coefficient (Wildman–Crippen LogP) is 4.70. The highest BCUT2D eigenvalue weighted by molar-refractivity contribution is 6.53. The maximum absolute atomic E-state index is 12.9. The number of rotatable bonds is 7. The van der Waals surface area contributed by atoms with Gasteiger partial charge in [-0.2, -0.15) is 0 Å². The largest absolute Gasteiger partial charge is 0.497 e. The number of anilines is 3. The lowest BCUT2D eigenvalue weighted by Crippen LogP contribution is -2.32. The summed E-state index contributed by atoms with van der Waals surface area (Å²) in [6.07, 6.45) is 0. The van der Waals surface area contributed by atoms with Gasteiger partial charge < -0.3 is 20.1 Å². The van der Waals surface area contributed by atoms with Gasteiger partial charge in [0.25, 0.3) is 17.7 Å². The van der Waals surface area contributed by atoms with Crippen LogP contribution < -0.4 is 25.0 Å². The van der Waals surface area contributed by atoms with Crippen molar-refractivity contribution in [2.24, 2.45) is 0 Å². The summed E-state index contributed by atoms with van der Waals surface area (Å²) in [5.41, 5.74) is 2.76. The predicted molar refractivity (Wildman–Crippen MR) is 134 cm³/mol. The van der Waals surface area contributed by atoms with Gasteiger partial charge in [-0.15, -0.1) is 0 Å². The van der Waals surface area contributed by atoms with Gasteiger partial charge >= 0.3 is 0 Å². The highest BCUT2D eigenvalue weighted by atomic mass is 35.5. The lowest BCUT2D eigenvalue weighted by Gasteiger charge is -2.15. The molecule has 1 heterocycles. The van der Waals surface area contributed by atoms with Gasteiger partial charge in [-0.1, -0.05) is 29.3 Å². The minimum absolute atomic E-state index is 0.0302. The van der Waals surface area contributed by atoms with Crippen LogP contribution in [-0.2, 0) is 9.59 Å². The van der Waals surface area contributed by atoms with Gasteiger partial charge in [0.2, 0.25) is 0 Å². The molecule has 9 heteroatoms. The summed E-state index contributed by atoms with van der Waals surface area (Å²) in [7, 11) is 3.04. The molecule has 3 aromatic carbocycles. The van der Waals surface area contributed by atoms with Crippen LogP contribution in [0, 0.1) is 6.92 Å². The number of nitrogens with zero attached hydrogens (tertiary/aromatic N) is 1. The highest BCUT2D eigenvalue weighted by Crippen LogP contribution is 2.31. The van der Waals surface area contributed by atoms with Gasteiger partial charge in [0.15, 0.2) is 0 Å². The van der Waals surface area contributed by atoms with E-state index in [1.165, 1.54) is 7.11 Å². The van der Waals surface area contributed by atoms with Crippen LogP contribution in [0.5, 0.6) is 11.5 Å². The fraction of sp³-hybridized carbons (Fsp3) is 0.115. The average molecular weight is 492 g/mol. The zero-order valence-corrected chi connectivity index (χ0v) is 20.0. The lowest BCUT2D eigenvalue weighted by atomic mass is 10.1. The number of nitrogens with one attached hydrogen (secondary N) is 2. The number of aryl methyl sites for hydroxylation is 1. The fourth-order valence-electron chi connectivity index (χ4n) is 3.49. The van der Waals surface area contributed by atoms with Gasteiger partial charge in [0, 0.05) is 17.3 Å². The molecule has 0 saturated heterocycles. The quantitative estimate of drug-likeness (QED) is 0.465. The zero-order chi connectivity index (χ0) is 25.1. The molecule has 4 rings (SSSR count). The number of methoxy groups -OCH3 is 2. The summed E-state index contributed by atoms with van der Waals surface area (Å²) in [6.45, 7) is 1.91. The third-order valence-electron chi connectivity index (χ3n) is 5.39. The minimum atomic E-state index is -0.604. The van der Waals surface area contributed by atoms with Crippen LogP contribution in [0.4, 0.5) is 17.1 Å². The molecular formula is C26H22ClN3O5. The second-order valence-electron chi connectivity index (χ2n) is 7.69. The Labute approximate surface area is 207 Å². The van der Waals surface area contributed by atoms with Crippen molar-refractivity contribution >= 4 is 46.4 Å². The van der Waals surface area contributed by atoms with E-state index < -0.39 is 11.8 Å². The second-order valence-corrected chi connectivity index (χ2v) is 8.07. The summed E-state index contributed by atoms with van der Waals surface area (Å²) < 4.78 is 10.5. The summed E-state index contributed by atoms with van der Waals surface area (Å²) in [5.74, 6) is -0.455. The van der Waals surface area contributed by atoms with E-state index in [2.05, 4.69) is 10.6 Å². The van der Waals surface area contributed by atoms with E-state index in [1.807, 2.05) is 6.92 Å². The number of ether oxygens (including phenoxy) is 2. The Morgan fingerprint density at radius 1 is 0.886 bits per heavy atom. The topological polar surface area (TPSA) is 97.0 Å². The van der Waals surface area contributed by atoms with Crippen LogP contribution >= 0.6 is 11.6 Å². The van der Waals surface area contributed by atoms with E-state index in [9.17, 15) is 14.4 Å². The number of amides is 3. The van der Waals surface area contributed by atoms with Crippen molar-refractivity contribution in [1.29, 1.82) is 0 Å². The molecule has 1 aliphatic heterocycles. The minimum Gasteiger partial charge on any atom is -0.497 e. The van der Waals surface area contributed by atoms with Crippen LogP contribution in [-0.4, -0.2) is 31.9 Å². The van der Waals surface area contributed by atoms with E-state index in [0.29, 0.717) is 34.1 Å². The first-order valence-electron chi connectivity index (χ1n) is 10.6. The number of carbonyl (C=O) groups is 3. The first-order valence-corrected chi connectivity index (χ1v) is 11.0. The summed E-state index contributed by atoms with van der Waals surface area (Å²) >= 11 is 6.19. The molecule has 178 valence electrons. The summed E-state index contributed by atoms with van der Waals surface area (Å²) in [5, 5.41) is 5.49. The van der Waals surface area contributed by atoms with Gasteiger partial charge in [0.05, 0.1) is 25.6 Å². The van der Waals surface area contributed by atoms with Gasteiger partial charge in [-0.05, 0) is 55.5 Å². The zero-order valence-electron chi connectivity index (χ0n) is 19.2. The van der Waals surface area contributed by atoms with E-state index >= 15 is 0 Å². The van der Waals surface area contributed by atoms with Crippen molar-refractivity contribution in [2.45, 2.75) is 6.92 Å². The third kappa shape index (κ3) is 4.83. The number of hydrogen-bond donors (Lipinski definition) is 2. The molecule has 0 radical (unpaired) electrons. The van der Waals surface area contributed by atoms with Crippen molar-refractivity contribution in [2.75, 3.05) is 29.8 Å². The van der Waals surface area contributed by atoms with Crippen molar-refractivity contribution in [1.82, 2.24) is 0 Å². The van der Waals surface area contributed by atoms with Crippen LogP contribution in [0.15, 0.2) is 77.5 Å². The van der Waals surface area contributed by atoms with Gasteiger partial charge in [-0.3, -0.25) is 14.4 Å². The Bertz CT molecular complexity index is 1330. The monoisotopic (exact) mass is 491 g/mol. The molecule has 35 heavy (non-hydrogen) atoms. The molecule has 0 bridgehead atoms. The molecule has 0 fully saturated rings. The number of benzene rings is 3. The molecule has 0 unspecified atom stereocenters. The van der Waals surface area contributed by atoms with Crippen LogP contribution in [0.25, 0.3) is 0 Å². The Morgan fingerprint density at radius 3 is 2.20 bits per heavy atom. The van der Waals surface area contributed by atoms with E-state index in [-0.39, 0.29) is 16.6 Å². The van der Waals surface area contributed by atoms with Gasteiger partial charge in [-0.25, -0.2) is 4.90 Å². The third-order valence-corrected chi connectivity index (χ3v) is 5.74. The molecule has 8 nitrogen and oxygen atoms in total. The number of hydrogen-bond acceptors (Lipinski definition) is 6. The fourth-order valence-corrected chi connectivity index (χ4v) is 3.70. The molecule has 3 aromatic rings. The molecule has 3 amide bonds. The standard InChI is InChI=1S/C26H22ClN3O5/c1-15-4-10-18(11-5-15)30-25(32)22(27)23(26(30)33)28-17-8-6-16(7-9-17)24(31)29-20-13-12-19(34-2)14-21(20)35-3/h4-14,28H,1-3H3,(H,29,31). The number of carbonyl (C=O) groups excluding carboxylic acids is 3. The first-order chi connectivity index (χ1) is 16.8. The Hall–Kier alpha value is -4.30. The Morgan fingerprint density at radius 2 is 1.57 bits per heavy atom. The molecule has 0 aliphatic carbocycles. The second kappa shape index (κ2) is 9.90. The van der Waals surface area contributed by atoms with E-state index in [1.54, 1.807) is 73.8 Å². The Balaban J connectivity index is 1.47. The summed E-state index contributed by atoms with van der Waals surface area (Å²) in [6, 6.07) is 18.4. The Kier molecular flexibility index (Phi) is 6.75. The van der Waals surface area contributed by atoms with E-state index in [4.69, 9.17) is 21.1 Å². The van der Waals surface area contributed by atoms with Crippen LogP contribution in [0.1, 0.15) is 15.9 Å². The summed E-state index contributed by atoms with van der Waals surface area (Å²) in [4.78, 5) is 39.3. The highest BCUT2D eigenvalue weighted by Gasteiger charge is 2.38. The molecule has 1 aliphatic rings. The maximum atomic E-state index is 12.9. The molecule has 0 saturated carbocycles. The average Bonchev–Trinajstić information content (AvgIpc) is 3.08. The van der Waals surface area contributed by atoms with Crippen molar-refractivity contribution < 1.29 is 23.9 Å². The van der Waals surface area contributed by atoms with Crippen LogP contribution in [0.3, 0.4) is 0 Å². The van der Waals surface area contributed by atoms with Crippen molar-refractivity contribution in [3.63, 3.8) is 0 Å². The lowest BCUT2D eigenvalue weighted by molar-refractivity contribution is -0.120. The van der Waals surface area contributed by atoms with Crippen molar-refractivity contribution in [3.05, 3.63) is 88.6 Å². The molecular weight excluding hydrogens is 470 g/mol. The van der Waals surface area contributed by atoms with E-state index in [0.717, 1.165) is 10.5 Å². The first kappa shape index (κ1) is 23.8. The maximum Gasteiger partial charge on any atom is 0.283 e. The number of imide groups is 1. The van der Waals surface area contributed by atoms with Crippen molar-refractivity contribution in [3.8, 4) is 11.5 Å². The van der Waals surface area contributed by atoms with Crippen LogP contribution in [0.2, 0.25) is 0 Å². The number of halogens is 1. The van der Waals surface area contributed by atoms with Gasteiger partial charge in [0.1, 0.15) is 22.2 Å².